The normalized spacial score (nSPS) is 21.6. The summed E-state index contributed by atoms with van der Waals surface area (Å²) < 4.78 is 5.76. The number of aromatic amines is 1. The van der Waals surface area contributed by atoms with Crippen molar-refractivity contribution in [2.45, 2.75) is 38.3 Å². The molecule has 0 bridgehead atoms. The Morgan fingerprint density at radius 3 is 3.00 bits per heavy atom. The number of hydrogen-bond donors (Lipinski definition) is 2. The van der Waals surface area contributed by atoms with E-state index in [0.717, 1.165) is 36.4 Å². The Hall–Kier alpha value is -1.81. The van der Waals surface area contributed by atoms with E-state index in [1.807, 2.05) is 6.07 Å². The Bertz CT molecular complexity index is 563. The summed E-state index contributed by atoms with van der Waals surface area (Å²) in [5, 5.41) is 10.6. The monoisotopic (exact) mass is 271 g/mol. The fourth-order valence-electron chi connectivity index (χ4n) is 2.78. The summed E-state index contributed by atoms with van der Waals surface area (Å²) in [5.41, 5.74) is 3.32. The van der Waals surface area contributed by atoms with Gasteiger partial charge in [0.25, 0.3) is 0 Å². The highest BCUT2D eigenvalue weighted by molar-refractivity contribution is 5.64. The highest BCUT2D eigenvalue weighted by Crippen LogP contribution is 2.27. The molecule has 1 unspecified atom stereocenters. The van der Waals surface area contributed by atoms with Gasteiger partial charge in [0, 0.05) is 30.1 Å². The molecule has 4 nitrogen and oxygen atoms in total. The Balaban J connectivity index is 1.73. The molecule has 2 N–H and O–H groups in total. The third-order valence-electron chi connectivity index (χ3n) is 3.74. The maximum atomic E-state index is 5.76. The highest BCUT2D eigenvalue weighted by Gasteiger charge is 2.28. The Kier molecular flexibility index (Phi) is 3.49. The van der Waals surface area contributed by atoms with Crippen molar-refractivity contribution in [1.82, 2.24) is 10.2 Å². The summed E-state index contributed by atoms with van der Waals surface area (Å²) in [4.78, 5) is 0. The zero-order valence-electron chi connectivity index (χ0n) is 12.0. The smallest absolute Gasteiger partial charge is 0.0650 e. The molecule has 1 aromatic heterocycles. The van der Waals surface area contributed by atoms with Crippen molar-refractivity contribution in [2.24, 2.45) is 0 Å². The molecule has 1 aliphatic rings. The summed E-state index contributed by atoms with van der Waals surface area (Å²) >= 11 is 0. The van der Waals surface area contributed by atoms with Crippen molar-refractivity contribution in [3.8, 4) is 11.3 Å². The van der Waals surface area contributed by atoms with Crippen molar-refractivity contribution >= 4 is 5.69 Å². The van der Waals surface area contributed by atoms with Gasteiger partial charge in [-0.2, -0.15) is 5.10 Å². The summed E-state index contributed by atoms with van der Waals surface area (Å²) in [5.74, 6) is 0. The lowest BCUT2D eigenvalue weighted by Gasteiger charge is -2.36. The lowest BCUT2D eigenvalue weighted by molar-refractivity contribution is -0.0553. The van der Waals surface area contributed by atoms with Gasteiger partial charge in [-0.05, 0) is 44.9 Å². The number of benzene rings is 1. The highest BCUT2D eigenvalue weighted by atomic mass is 16.5. The first kappa shape index (κ1) is 13.2. The van der Waals surface area contributed by atoms with Gasteiger partial charge in [-0.15, -0.1) is 0 Å². The molecule has 2 heterocycles. The molecular weight excluding hydrogens is 250 g/mol. The molecule has 1 atom stereocenters. The Morgan fingerprint density at radius 1 is 1.35 bits per heavy atom. The molecule has 0 aliphatic carbocycles. The summed E-state index contributed by atoms with van der Waals surface area (Å²) in [6.07, 6.45) is 3.86. The number of nitrogens with one attached hydrogen (secondary N) is 2. The fraction of sp³-hybridized carbons (Fsp3) is 0.438. The zero-order valence-corrected chi connectivity index (χ0v) is 12.0. The molecule has 2 aromatic rings. The van der Waals surface area contributed by atoms with Gasteiger partial charge in [0.1, 0.15) is 0 Å². The number of anilines is 1. The van der Waals surface area contributed by atoms with Gasteiger partial charge in [-0.1, -0.05) is 12.1 Å². The molecule has 1 saturated heterocycles. The number of hydrogen-bond acceptors (Lipinski definition) is 3. The van der Waals surface area contributed by atoms with E-state index in [1.54, 1.807) is 6.20 Å². The second kappa shape index (κ2) is 5.29. The van der Waals surface area contributed by atoms with E-state index < -0.39 is 0 Å². The largest absolute Gasteiger partial charge is 0.382 e. The van der Waals surface area contributed by atoms with Gasteiger partial charge in [0.05, 0.1) is 11.3 Å². The molecule has 0 amide bonds. The Morgan fingerprint density at radius 2 is 2.25 bits per heavy atom. The lowest BCUT2D eigenvalue weighted by atomic mass is 9.93. The minimum absolute atomic E-state index is 0.0309. The van der Waals surface area contributed by atoms with E-state index in [2.05, 4.69) is 53.6 Å². The third-order valence-corrected chi connectivity index (χ3v) is 3.74. The molecule has 1 fully saturated rings. The molecule has 1 aliphatic heterocycles. The van der Waals surface area contributed by atoms with E-state index in [0.29, 0.717) is 6.04 Å². The van der Waals surface area contributed by atoms with Crippen molar-refractivity contribution in [2.75, 3.05) is 11.9 Å². The maximum absolute atomic E-state index is 5.76. The van der Waals surface area contributed by atoms with Crippen LogP contribution in [0, 0.1) is 0 Å². The van der Waals surface area contributed by atoms with Crippen LogP contribution in [0.15, 0.2) is 36.5 Å². The van der Waals surface area contributed by atoms with Crippen molar-refractivity contribution in [3.05, 3.63) is 36.5 Å². The first-order valence-corrected chi connectivity index (χ1v) is 7.13. The number of aromatic nitrogens is 2. The SMILES string of the molecule is CC1(C)CC(Nc2cccc(-c3ccn[nH]3)c2)CCO1. The van der Waals surface area contributed by atoms with Crippen LogP contribution in [0.5, 0.6) is 0 Å². The molecule has 0 saturated carbocycles. The minimum atomic E-state index is -0.0309. The number of nitrogens with zero attached hydrogens (tertiary/aromatic N) is 1. The van der Waals surface area contributed by atoms with E-state index in [9.17, 15) is 0 Å². The fourth-order valence-corrected chi connectivity index (χ4v) is 2.78. The quantitative estimate of drug-likeness (QED) is 0.899. The average molecular weight is 271 g/mol. The van der Waals surface area contributed by atoms with Crippen LogP contribution >= 0.6 is 0 Å². The summed E-state index contributed by atoms with van der Waals surface area (Å²) in [7, 11) is 0. The first-order chi connectivity index (χ1) is 9.62. The van der Waals surface area contributed by atoms with Crippen molar-refractivity contribution in [3.63, 3.8) is 0 Å². The minimum Gasteiger partial charge on any atom is -0.382 e. The molecule has 3 rings (SSSR count). The molecule has 20 heavy (non-hydrogen) atoms. The summed E-state index contributed by atoms with van der Waals surface area (Å²) in [6.45, 7) is 5.13. The van der Waals surface area contributed by atoms with Crippen LogP contribution in [0.25, 0.3) is 11.3 Å². The van der Waals surface area contributed by atoms with Gasteiger partial charge < -0.3 is 10.1 Å². The van der Waals surface area contributed by atoms with Gasteiger partial charge in [-0.3, -0.25) is 5.10 Å². The van der Waals surface area contributed by atoms with Crippen LogP contribution in [0.3, 0.4) is 0 Å². The van der Waals surface area contributed by atoms with Gasteiger partial charge in [-0.25, -0.2) is 0 Å². The predicted octanol–water partition coefficient (Wildman–Crippen LogP) is 3.45. The number of ether oxygens (including phenoxy) is 1. The molecule has 0 spiro atoms. The van der Waals surface area contributed by atoms with E-state index in [-0.39, 0.29) is 5.60 Å². The van der Waals surface area contributed by atoms with Crippen LogP contribution in [-0.2, 0) is 4.74 Å². The van der Waals surface area contributed by atoms with Crippen LogP contribution < -0.4 is 5.32 Å². The van der Waals surface area contributed by atoms with Gasteiger partial charge >= 0.3 is 0 Å². The lowest BCUT2D eigenvalue weighted by Crippen LogP contribution is -2.40. The predicted molar refractivity (Wildman–Crippen MR) is 80.7 cm³/mol. The molecule has 4 heteroatoms. The summed E-state index contributed by atoms with van der Waals surface area (Å²) in [6, 6.07) is 10.9. The average Bonchev–Trinajstić information content (AvgIpc) is 2.91. The number of rotatable bonds is 3. The van der Waals surface area contributed by atoms with Crippen LogP contribution in [0.1, 0.15) is 26.7 Å². The second-order valence-corrected chi connectivity index (χ2v) is 5.99. The standard InChI is InChI=1S/C16H21N3O/c1-16(2)11-14(7-9-20-16)18-13-5-3-4-12(10-13)15-6-8-17-19-15/h3-6,8,10,14,18H,7,9,11H2,1-2H3,(H,17,19). The maximum Gasteiger partial charge on any atom is 0.0650 e. The third kappa shape index (κ3) is 3.02. The first-order valence-electron chi connectivity index (χ1n) is 7.13. The van der Waals surface area contributed by atoms with E-state index >= 15 is 0 Å². The molecule has 106 valence electrons. The van der Waals surface area contributed by atoms with Crippen LogP contribution in [0.2, 0.25) is 0 Å². The molecular formula is C16H21N3O. The van der Waals surface area contributed by atoms with E-state index in [1.165, 1.54) is 0 Å². The van der Waals surface area contributed by atoms with Gasteiger partial charge in [0.15, 0.2) is 0 Å². The zero-order chi connectivity index (χ0) is 14.0. The number of H-pyrrole nitrogens is 1. The van der Waals surface area contributed by atoms with Crippen LogP contribution in [0.4, 0.5) is 5.69 Å². The van der Waals surface area contributed by atoms with Gasteiger partial charge in [0.2, 0.25) is 0 Å². The molecule has 1 aromatic carbocycles. The Labute approximate surface area is 119 Å². The molecule has 0 radical (unpaired) electrons. The van der Waals surface area contributed by atoms with E-state index in [4.69, 9.17) is 4.74 Å². The van der Waals surface area contributed by atoms with Crippen molar-refractivity contribution in [1.29, 1.82) is 0 Å². The second-order valence-electron chi connectivity index (χ2n) is 5.99. The topological polar surface area (TPSA) is 49.9 Å². The van der Waals surface area contributed by atoms with Crippen molar-refractivity contribution < 1.29 is 4.74 Å². The van der Waals surface area contributed by atoms with Crippen LogP contribution in [-0.4, -0.2) is 28.4 Å².